The molecule has 0 nitrogen and oxygen atoms in total. The summed E-state index contributed by atoms with van der Waals surface area (Å²) in [7, 11) is 0. The fraction of sp³-hybridized carbons (Fsp3) is 0.250. The zero-order chi connectivity index (χ0) is 17.0. The van der Waals surface area contributed by atoms with Crippen LogP contribution in [0.15, 0.2) is 91.0 Å². The summed E-state index contributed by atoms with van der Waals surface area (Å²) in [6.45, 7) is 7.11. The molecular formula is C24H26. The van der Waals surface area contributed by atoms with Gasteiger partial charge in [0, 0.05) is 0 Å². The molecule has 0 heterocycles. The summed E-state index contributed by atoms with van der Waals surface area (Å²) < 4.78 is 0. The zero-order valence-electron chi connectivity index (χ0n) is 14.8. The van der Waals surface area contributed by atoms with Crippen molar-refractivity contribution in [2.45, 2.75) is 38.0 Å². The van der Waals surface area contributed by atoms with Crippen LogP contribution in [0.1, 0.15) is 49.3 Å². The van der Waals surface area contributed by atoms with Gasteiger partial charge in [-0.15, -0.1) is 0 Å². The summed E-state index contributed by atoms with van der Waals surface area (Å²) >= 11 is 0. The summed E-state index contributed by atoms with van der Waals surface area (Å²) in [5.41, 5.74) is 4.23. The van der Waals surface area contributed by atoms with Crippen molar-refractivity contribution >= 4 is 0 Å². The van der Waals surface area contributed by atoms with Crippen LogP contribution in [0.5, 0.6) is 0 Å². The summed E-state index contributed by atoms with van der Waals surface area (Å²) in [5.74, 6) is 0.840. The number of rotatable bonds is 5. The third-order valence-corrected chi connectivity index (χ3v) is 5.28. The molecule has 2 unspecified atom stereocenters. The van der Waals surface area contributed by atoms with E-state index < -0.39 is 0 Å². The number of hydrogen-bond donors (Lipinski definition) is 0. The maximum Gasteiger partial charge on any atom is -0.000394 e. The average molecular weight is 314 g/mol. The van der Waals surface area contributed by atoms with Gasteiger partial charge in [-0.25, -0.2) is 0 Å². The molecule has 0 heteroatoms. The Morgan fingerprint density at radius 2 is 1.00 bits per heavy atom. The van der Waals surface area contributed by atoms with Gasteiger partial charge in [0.25, 0.3) is 0 Å². The first-order valence-corrected chi connectivity index (χ1v) is 8.76. The van der Waals surface area contributed by atoms with Gasteiger partial charge in [0.1, 0.15) is 0 Å². The lowest BCUT2D eigenvalue weighted by molar-refractivity contribution is 0.366. The lowest BCUT2D eigenvalue weighted by Gasteiger charge is -2.39. The molecule has 3 rings (SSSR count). The molecular weight excluding hydrogens is 288 g/mol. The molecule has 24 heavy (non-hydrogen) atoms. The molecule has 0 bridgehead atoms. The minimum atomic E-state index is 0.0396. The van der Waals surface area contributed by atoms with E-state index in [0.29, 0.717) is 11.8 Å². The molecule has 0 saturated carbocycles. The van der Waals surface area contributed by atoms with Crippen LogP contribution in [0, 0.1) is 0 Å². The van der Waals surface area contributed by atoms with Crippen LogP contribution >= 0.6 is 0 Å². The number of hydrogen-bond acceptors (Lipinski definition) is 0. The van der Waals surface area contributed by atoms with Gasteiger partial charge in [0.15, 0.2) is 0 Å². The maximum absolute atomic E-state index is 2.37. The highest BCUT2D eigenvalue weighted by atomic mass is 14.4. The smallest absolute Gasteiger partial charge is 0.000394 e. The van der Waals surface area contributed by atoms with Crippen molar-refractivity contribution in [2.75, 3.05) is 0 Å². The third-order valence-electron chi connectivity index (χ3n) is 5.28. The standard InChI is InChI=1S/C24H26/c1-19(20-13-7-4-8-14-20)23(21-15-9-5-10-16-21)24(2,3)22-17-11-6-12-18-22/h4-19,23H,1-3H3. The van der Waals surface area contributed by atoms with Crippen LogP contribution < -0.4 is 0 Å². The topological polar surface area (TPSA) is 0 Å². The van der Waals surface area contributed by atoms with Crippen molar-refractivity contribution in [3.8, 4) is 0 Å². The highest BCUT2D eigenvalue weighted by molar-refractivity contribution is 5.36. The van der Waals surface area contributed by atoms with Crippen molar-refractivity contribution < 1.29 is 0 Å². The van der Waals surface area contributed by atoms with Crippen molar-refractivity contribution in [3.05, 3.63) is 108 Å². The fourth-order valence-corrected chi connectivity index (χ4v) is 3.99. The summed E-state index contributed by atoms with van der Waals surface area (Å²) in [5, 5.41) is 0. The Hall–Kier alpha value is -2.34. The molecule has 0 amide bonds. The van der Waals surface area contributed by atoms with E-state index in [4.69, 9.17) is 0 Å². The van der Waals surface area contributed by atoms with E-state index in [2.05, 4.69) is 112 Å². The van der Waals surface area contributed by atoms with Gasteiger partial charge in [-0.1, -0.05) is 112 Å². The van der Waals surface area contributed by atoms with Gasteiger partial charge in [-0.3, -0.25) is 0 Å². The van der Waals surface area contributed by atoms with Crippen molar-refractivity contribution in [1.82, 2.24) is 0 Å². The van der Waals surface area contributed by atoms with E-state index in [1.807, 2.05) is 0 Å². The lowest BCUT2D eigenvalue weighted by atomic mass is 9.64. The van der Waals surface area contributed by atoms with E-state index in [9.17, 15) is 0 Å². The molecule has 3 aromatic carbocycles. The highest BCUT2D eigenvalue weighted by Gasteiger charge is 2.36. The zero-order valence-corrected chi connectivity index (χ0v) is 14.8. The summed E-state index contributed by atoms with van der Waals surface area (Å²) in [4.78, 5) is 0. The predicted octanol–water partition coefficient (Wildman–Crippen LogP) is 6.55. The number of benzene rings is 3. The Balaban J connectivity index is 2.09. The van der Waals surface area contributed by atoms with Gasteiger partial charge in [0.2, 0.25) is 0 Å². The molecule has 0 aliphatic rings. The van der Waals surface area contributed by atoms with Gasteiger partial charge in [0.05, 0.1) is 0 Å². The van der Waals surface area contributed by atoms with Gasteiger partial charge in [-0.05, 0) is 33.9 Å². The van der Waals surface area contributed by atoms with Crippen LogP contribution in [0.3, 0.4) is 0 Å². The molecule has 0 aromatic heterocycles. The molecule has 0 spiro atoms. The Morgan fingerprint density at radius 1 is 0.583 bits per heavy atom. The van der Waals surface area contributed by atoms with Crippen LogP contribution in [0.2, 0.25) is 0 Å². The predicted molar refractivity (Wildman–Crippen MR) is 104 cm³/mol. The van der Waals surface area contributed by atoms with Crippen molar-refractivity contribution in [3.63, 3.8) is 0 Å². The Labute approximate surface area is 146 Å². The van der Waals surface area contributed by atoms with Crippen LogP contribution in [-0.2, 0) is 5.41 Å². The second-order valence-corrected chi connectivity index (χ2v) is 7.18. The second-order valence-electron chi connectivity index (χ2n) is 7.18. The summed E-state index contributed by atoms with van der Waals surface area (Å²) in [6.07, 6.45) is 0. The van der Waals surface area contributed by atoms with Crippen molar-refractivity contribution in [1.29, 1.82) is 0 Å². The largest absolute Gasteiger partial charge is 0.0622 e. The quantitative estimate of drug-likeness (QED) is 0.501. The third kappa shape index (κ3) is 3.28. The first kappa shape index (κ1) is 16.5. The fourth-order valence-electron chi connectivity index (χ4n) is 3.99. The molecule has 0 N–H and O–H groups in total. The van der Waals surface area contributed by atoms with E-state index >= 15 is 0 Å². The van der Waals surface area contributed by atoms with Gasteiger partial charge in [-0.2, -0.15) is 0 Å². The molecule has 0 saturated heterocycles. The summed E-state index contributed by atoms with van der Waals surface area (Å²) in [6, 6.07) is 32.7. The SMILES string of the molecule is CC(c1ccccc1)C(c1ccccc1)C(C)(C)c1ccccc1. The highest BCUT2D eigenvalue weighted by Crippen LogP contribution is 2.46. The minimum Gasteiger partial charge on any atom is -0.0622 e. The minimum absolute atomic E-state index is 0.0396. The molecule has 0 aliphatic carbocycles. The molecule has 3 aromatic rings. The molecule has 0 aliphatic heterocycles. The molecule has 0 radical (unpaired) electrons. The maximum atomic E-state index is 2.37. The van der Waals surface area contributed by atoms with E-state index in [-0.39, 0.29) is 5.41 Å². The van der Waals surface area contributed by atoms with Crippen LogP contribution in [0.4, 0.5) is 0 Å². The van der Waals surface area contributed by atoms with E-state index in [1.165, 1.54) is 16.7 Å². The monoisotopic (exact) mass is 314 g/mol. The molecule has 2 atom stereocenters. The van der Waals surface area contributed by atoms with Crippen molar-refractivity contribution in [2.24, 2.45) is 0 Å². The van der Waals surface area contributed by atoms with Gasteiger partial charge >= 0.3 is 0 Å². The molecule has 122 valence electrons. The Kier molecular flexibility index (Phi) is 4.85. The second kappa shape index (κ2) is 7.05. The normalized spacial score (nSPS) is 14.1. The van der Waals surface area contributed by atoms with E-state index in [0.717, 1.165) is 0 Å². The molecule has 0 fully saturated rings. The van der Waals surface area contributed by atoms with E-state index in [1.54, 1.807) is 0 Å². The Bertz CT molecular complexity index is 742. The Morgan fingerprint density at radius 3 is 1.50 bits per heavy atom. The van der Waals surface area contributed by atoms with Gasteiger partial charge < -0.3 is 0 Å². The first-order valence-electron chi connectivity index (χ1n) is 8.76. The first-order chi connectivity index (χ1) is 11.6. The van der Waals surface area contributed by atoms with Crippen LogP contribution in [-0.4, -0.2) is 0 Å². The lowest BCUT2D eigenvalue weighted by Crippen LogP contribution is -2.30. The average Bonchev–Trinajstić information content (AvgIpc) is 2.64. The van der Waals surface area contributed by atoms with Crippen LogP contribution in [0.25, 0.3) is 0 Å².